The van der Waals surface area contributed by atoms with Gasteiger partial charge in [-0.05, 0) is 86.7 Å². The number of carboxylic acids is 1. The third kappa shape index (κ3) is 5.63. The number of aromatic nitrogens is 5. The number of carboxylic acid groups (broad SMARTS) is 1. The summed E-state index contributed by atoms with van der Waals surface area (Å²) in [7, 11) is 3.86. The van der Waals surface area contributed by atoms with Gasteiger partial charge < -0.3 is 14.4 Å². The summed E-state index contributed by atoms with van der Waals surface area (Å²) in [5, 5.41) is 22.5. The van der Waals surface area contributed by atoms with Crippen molar-refractivity contribution < 1.29 is 19.0 Å². The van der Waals surface area contributed by atoms with Gasteiger partial charge in [-0.15, -0.1) is 11.8 Å². The number of nitrogens with zero attached hydrogens (tertiary/aromatic N) is 5. The maximum absolute atomic E-state index is 15.3. The lowest BCUT2D eigenvalue weighted by Gasteiger charge is -2.14. The highest BCUT2D eigenvalue weighted by Gasteiger charge is 2.27. The normalized spacial score (nSPS) is 14.2. The molecule has 3 aromatic carbocycles. The van der Waals surface area contributed by atoms with Crippen molar-refractivity contribution >= 4 is 62.6 Å². The van der Waals surface area contributed by atoms with Crippen LogP contribution >= 0.6 is 35.0 Å². The van der Waals surface area contributed by atoms with Crippen molar-refractivity contribution in [3.05, 3.63) is 97.9 Å². The monoisotopic (exact) mass is 705 g/mol. The molecule has 1 N–H and O–H groups in total. The van der Waals surface area contributed by atoms with Gasteiger partial charge in [-0.1, -0.05) is 23.2 Å². The van der Waals surface area contributed by atoms with Crippen LogP contribution in [0.15, 0.2) is 42.5 Å². The van der Waals surface area contributed by atoms with Crippen molar-refractivity contribution in [2.24, 2.45) is 14.1 Å². The lowest BCUT2D eigenvalue weighted by molar-refractivity contribution is 0.0684. The van der Waals surface area contributed by atoms with Gasteiger partial charge in [0, 0.05) is 81.4 Å². The summed E-state index contributed by atoms with van der Waals surface area (Å²) >= 11 is 14.9. The fourth-order valence-corrected chi connectivity index (χ4v) is 8.20. The lowest BCUT2D eigenvalue weighted by Crippen LogP contribution is -2.12. The highest BCUT2D eigenvalue weighted by molar-refractivity contribution is 7.97. The van der Waals surface area contributed by atoms with E-state index in [0.717, 1.165) is 50.4 Å². The first kappa shape index (κ1) is 32.6. The van der Waals surface area contributed by atoms with Crippen LogP contribution in [-0.2, 0) is 45.0 Å². The van der Waals surface area contributed by atoms with E-state index in [-0.39, 0.29) is 17.3 Å². The molecule has 1 aliphatic rings. The molecule has 0 fully saturated rings. The molecule has 6 aromatic rings. The molecular weight excluding hydrogens is 672 g/mol. The fraction of sp³-hybridized carbons (Fsp3) is 0.306. The average molecular weight is 707 g/mol. The van der Waals surface area contributed by atoms with Crippen LogP contribution in [0.2, 0.25) is 10.0 Å². The Morgan fingerprint density at radius 3 is 2.54 bits per heavy atom. The molecule has 0 saturated carbocycles. The van der Waals surface area contributed by atoms with E-state index in [9.17, 15) is 9.90 Å². The molecule has 7 rings (SSSR count). The van der Waals surface area contributed by atoms with E-state index >= 15 is 4.39 Å². The van der Waals surface area contributed by atoms with E-state index in [0.29, 0.717) is 64.4 Å². The second-order valence-electron chi connectivity index (χ2n) is 12.3. The van der Waals surface area contributed by atoms with Crippen LogP contribution in [0.4, 0.5) is 4.39 Å². The topological polar surface area (TPSA) is 87.1 Å². The van der Waals surface area contributed by atoms with Crippen LogP contribution in [-0.4, -0.2) is 41.8 Å². The van der Waals surface area contributed by atoms with Crippen molar-refractivity contribution in [1.82, 2.24) is 24.1 Å². The Balaban J connectivity index is 1.37. The summed E-state index contributed by atoms with van der Waals surface area (Å²) in [6.07, 6.45) is 1.87. The highest BCUT2D eigenvalue weighted by Crippen LogP contribution is 2.43. The number of fused-ring (bicyclic) bond motifs is 8. The van der Waals surface area contributed by atoms with Crippen LogP contribution in [0.3, 0.4) is 0 Å². The molecular formula is C36H34Cl2FN5O3S. The number of hydrogen-bond donors (Lipinski definition) is 1. The standard InChI is InChI=1S/C36H34Cl2FN5O3S/c1-19-31-29-11-10-26(37)33(31)32-20(2)42(3)41-28(32)18-48-17-22-16-23(43(4)40-22)7-6-21-14-25-24(8-9-27(38)34(25)39)30(15-21)47-13-5-12-44(29)35(19)36(45)46/h8-11,14-16H,5-7,12-13,17-18H2,1-4H3,(H,45,46). The Kier molecular flexibility index (Phi) is 8.68. The molecule has 0 saturated heterocycles. The zero-order chi connectivity index (χ0) is 33.9. The molecule has 12 heteroatoms. The zero-order valence-electron chi connectivity index (χ0n) is 27.0. The molecule has 0 spiro atoms. The number of rotatable bonds is 1. The molecule has 248 valence electrons. The molecule has 4 heterocycles. The van der Waals surface area contributed by atoms with Gasteiger partial charge in [0.2, 0.25) is 0 Å². The van der Waals surface area contributed by atoms with Crippen LogP contribution in [0.25, 0.3) is 32.8 Å². The molecule has 1 aliphatic heterocycles. The number of halogens is 3. The minimum absolute atomic E-state index is 0.0555. The van der Waals surface area contributed by atoms with Crippen LogP contribution in [0, 0.1) is 19.7 Å². The molecule has 0 amide bonds. The minimum atomic E-state index is -1.01. The van der Waals surface area contributed by atoms with Gasteiger partial charge in [0.15, 0.2) is 0 Å². The predicted octanol–water partition coefficient (Wildman–Crippen LogP) is 8.69. The van der Waals surface area contributed by atoms with E-state index in [4.69, 9.17) is 38.1 Å². The number of ether oxygens (including phenoxy) is 1. The number of benzene rings is 3. The second-order valence-corrected chi connectivity index (χ2v) is 14.1. The average Bonchev–Trinajstić information content (AvgIpc) is 3.65. The maximum Gasteiger partial charge on any atom is 0.352 e. The van der Waals surface area contributed by atoms with Crippen LogP contribution in [0.5, 0.6) is 5.75 Å². The maximum atomic E-state index is 15.3. The molecule has 48 heavy (non-hydrogen) atoms. The van der Waals surface area contributed by atoms with Gasteiger partial charge >= 0.3 is 5.97 Å². The van der Waals surface area contributed by atoms with E-state index in [1.54, 1.807) is 23.9 Å². The Morgan fingerprint density at radius 2 is 1.75 bits per heavy atom. The first-order chi connectivity index (χ1) is 23.0. The molecule has 0 radical (unpaired) electrons. The van der Waals surface area contributed by atoms with E-state index in [1.807, 2.05) is 66.1 Å². The van der Waals surface area contributed by atoms with E-state index in [1.165, 1.54) is 0 Å². The van der Waals surface area contributed by atoms with Crippen molar-refractivity contribution in [1.29, 1.82) is 0 Å². The molecule has 0 aliphatic carbocycles. The van der Waals surface area contributed by atoms with Crippen LogP contribution in [0.1, 0.15) is 50.8 Å². The minimum Gasteiger partial charge on any atom is -0.493 e. The number of carbonyl (C=O) groups is 1. The Hall–Kier alpha value is -3.99. The number of aromatic carboxylic acids is 1. The Bertz CT molecular complexity index is 2260. The van der Waals surface area contributed by atoms with Crippen molar-refractivity contribution in [3.8, 4) is 16.9 Å². The first-order valence-electron chi connectivity index (χ1n) is 15.7. The first-order valence-corrected chi connectivity index (χ1v) is 17.6. The highest BCUT2D eigenvalue weighted by atomic mass is 35.5. The summed E-state index contributed by atoms with van der Waals surface area (Å²) in [4.78, 5) is 12.7. The summed E-state index contributed by atoms with van der Waals surface area (Å²) < 4.78 is 27.2. The van der Waals surface area contributed by atoms with Crippen molar-refractivity contribution in [2.75, 3.05) is 6.61 Å². The number of aryl methyl sites for hydroxylation is 6. The summed E-state index contributed by atoms with van der Waals surface area (Å²) in [6, 6.07) is 13.0. The largest absolute Gasteiger partial charge is 0.493 e. The van der Waals surface area contributed by atoms with E-state index < -0.39 is 11.8 Å². The van der Waals surface area contributed by atoms with Crippen molar-refractivity contribution in [3.63, 3.8) is 0 Å². The summed E-state index contributed by atoms with van der Waals surface area (Å²) in [5.41, 5.74) is 8.13. The molecule has 3 aromatic heterocycles. The van der Waals surface area contributed by atoms with Gasteiger partial charge in [0.25, 0.3) is 0 Å². The molecule has 8 bridgehead atoms. The van der Waals surface area contributed by atoms with Gasteiger partial charge in [0.1, 0.15) is 17.3 Å². The van der Waals surface area contributed by atoms with Gasteiger partial charge in [-0.2, -0.15) is 10.2 Å². The summed E-state index contributed by atoms with van der Waals surface area (Å²) in [5.74, 6) is 0.364. The lowest BCUT2D eigenvalue weighted by atomic mass is 9.97. The van der Waals surface area contributed by atoms with E-state index in [2.05, 4.69) is 6.07 Å². The second kappa shape index (κ2) is 12.8. The number of hydrogen-bond acceptors (Lipinski definition) is 5. The fourth-order valence-electron chi connectivity index (χ4n) is 6.93. The SMILES string of the molecule is Cc1c(C(=O)O)n2c3ccc(Cl)c(c13)-c1c(nn(C)c1C)CSCc1cc(n(C)n1)CCc1cc(c3ccc(Cl)c(F)c3c1)OCCC2. The van der Waals surface area contributed by atoms with Gasteiger partial charge in [-0.3, -0.25) is 9.36 Å². The predicted molar refractivity (Wildman–Crippen MR) is 190 cm³/mol. The van der Waals surface area contributed by atoms with Gasteiger partial charge in [-0.25, -0.2) is 9.18 Å². The third-order valence-electron chi connectivity index (χ3n) is 9.30. The molecule has 0 unspecified atom stereocenters. The molecule has 0 atom stereocenters. The number of thioether (sulfide) groups is 1. The smallest absolute Gasteiger partial charge is 0.352 e. The Morgan fingerprint density at radius 1 is 0.958 bits per heavy atom. The third-order valence-corrected chi connectivity index (χ3v) is 10.9. The quantitative estimate of drug-likeness (QED) is 0.184. The van der Waals surface area contributed by atoms with Crippen molar-refractivity contribution in [2.45, 2.75) is 51.2 Å². The van der Waals surface area contributed by atoms with Gasteiger partial charge in [0.05, 0.1) is 23.0 Å². The molecule has 8 nitrogen and oxygen atoms in total. The zero-order valence-corrected chi connectivity index (χ0v) is 29.4. The van der Waals surface area contributed by atoms with Crippen LogP contribution < -0.4 is 4.74 Å². The Labute approximate surface area is 291 Å². The summed E-state index contributed by atoms with van der Waals surface area (Å²) in [6.45, 7) is 4.53.